The minimum absolute atomic E-state index is 0.0820. The Kier molecular flexibility index (Phi) is 13.7. The van der Waals surface area contributed by atoms with E-state index in [1.165, 1.54) is 20.8 Å². The predicted molar refractivity (Wildman–Crippen MR) is 241 cm³/mol. The van der Waals surface area contributed by atoms with Crippen molar-refractivity contribution >= 4 is 11.9 Å². The van der Waals surface area contributed by atoms with Gasteiger partial charge in [-0.25, -0.2) is 0 Å². The molecule has 2 bridgehead atoms. The molecule has 392 valence electrons. The van der Waals surface area contributed by atoms with Crippen LogP contribution in [-0.2, 0) is 57.0 Å². The summed E-state index contributed by atoms with van der Waals surface area (Å²) in [5.41, 5.74) is -0.688. The first-order valence-corrected chi connectivity index (χ1v) is 25.5. The van der Waals surface area contributed by atoms with E-state index in [9.17, 15) is 40.2 Å². The smallest absolute Gasteiger partial charge is 0.303 e. The van der Waals surface area contributed by atoms with Crippen LogP contribution < -0.4 is 0 Å². The summed E-state index contributed by atoms with van der Waals surface area (Å²) in [6, 6.07) is 0. The highest BCUT2D eigenvalue weighted by Crippen LogP contribution is 2.80. The van der Waals surface area contributed by atoms with Crippen molar-refractivity contribution in [2.24, 2.45) is 45.3 Å². The topological polar surface area (TPSA) is 248 Å². The molecule has 5 heterocycles. The number of ether oxygens (including phenoxy) is 10. The second-order valence-corrected chi connectivity index (χ2v) is 24.1. The molecule has 5 aliphatic heterocycles. The summed E-state index contributed by atoms with van der Waals surface area (Å²) in [6.07, 6.45) is -9.40. The summed E-state index contributed by atoms with van der Waals surface area (Å²) in [4.78, 5) is 24.9. The van der Waals surface area contributed by atoms with E-state index in [4.69, 9.17) is 47.4 Å². The van der Waals surface area contributed by atoms with Gasteiger partial charge in [0.05, 0.1) is 43.2 Å². The van der Waals surface area contributed by atoms with Crippen LogP contribution in [0.1, 0.15) is 128 Å². The molecule has 25 atom stereocenters. The minimum Gasteiger partial charge on any atom is -0.455 e. The summed E-state index contributed by atoms with van der Waals surface area (Å²) >= 11 is 0. The standard InChI is InChI=1S/C51H80O18/c1-23(2)18-28-19-49(11,69-45-41(65-27(6)53)40(64-26(5)52)35(55)25(4)63-45)42-29-12-13-32-47(9)16-15-33(46(7,8)31(47)14-17-48(32,10)50(29)21-51(42,68-28)61-22-50)67-43-38(58)36(56)30(20-60-43)66-44-39(59)37(57)34(54)24(3)62-44/h18,24-25,28-45,54-59H,12-17,19-22H2,1-11H3/t24-,25-,28-,29+,30+,31-,32+,33-,34-,35-,36+,37-,38+,39+,40+,41-,42-,43+,44-,45-,47-,48+,49-,50-,51-/m0/s1. The van der Waals surface area contributed by atoms with Crippen LogP contribution in [0.5, 0.6) is 0 Å². The van der Waals surface area contributed by atoms with E-state index in [1.807, 2.05) is 13.8 Å². The van der Waals surface area contributed by atoms with E-state index < -0.39 is 109 Å². The van der Waals surface area contributed by atoms with Gasteiger partial charge in [-0.3, -0.25) is 9.59 Å². The van der Waals surface area contributed by atoms with E-state index in [1.54, 1.807) is 6.92 Å². The Morgan fingerprint density at radius 3 is 2.01 bits per heavy atom. The van der Waals surface area contributed by atoms with Crippen molar-refractivity contribution in [2.45, 2.75) is 237 Å². The molecule has 69 heavy (non-hydrogen) atoms. The molecule has 9 fully saturated rings. The van der Waals surface area contributed by atoms with Crippen molar-refractivity contribution < 1.29 is 87.6 Å². The molecular formula is C51H80O18. The lowest BCUT2D eigenvalue weighted by molar-refractivity contribution is -0.384. The fourth-order valence-corrected chi connectivity index (χ4v) is 16.4. The van der Waals surface area contributed by atoms with Crippen molar-refractivity contribution in [1.82, 2.24) is 0 Å². The van der Waals surface area contributed by atoms with Crippen LogP contribution in [-0.4, -0.2) is 165 Å². The molecule has 9 rings (SSSR count). The highest BCUT2D eigenvalue weighted by molar-refractivity contribution is 5.67. The zero-order valence-corrected chi connectivity index (χ0v) is 42.3. The highest BCUT2D eigenvalue weighted by atomic mass is 16.8. The number of carbonyl (C=O) groups is 2. The molecule has 5 saturated heterocycles. The van der Waals surface area contributed by atoms with Crippen molar-refractivity contribution in [1.29, 1.82) is 0 Å². The Labute approximate surface area is 405 Å². The Morgan fingerprint density at radius 2 is 1.33 bits per heavy atom. The number of aliphatic hydroxyl groups is 6. The molecule has 18 heteroatoms. The highest BCUT2D eigenvalue weighted by Gasteiger charge is 2.81. The third-order valence-corrected chi connectivity index (χ3v) is 19.3. The molecule has 4 saturated carbocycles. The minimum atomic E-state index is -1.57. The lowest BCUT2D eigenvalue weighted by atomic mass is 9.35. The fourth-order valence-electron chi connectivity index (χ4n) is 16.4. The Hall–Kier alpha value is -1.88. The number of hydrogen-bond donors (Lipinski definition) is 6. The molecule has 9 aliphatic rings. The first-order chi connectivity index (χ1) is 32.2. The van der Waals surface area contributed by atoms with Crippen molar-refractivity contribution in [3.05, 3.63) is 11.6 Å². The summed E-state index contributed by atoms with van der Waals surface area (Å²) in [7, 11) is 0. The van der Waals surface area contributed by atoms with Crippen molar-refractivity contribution in [3.8, 4) is 0 Å². The first kappa shape index (κ1) is 52.0. The molecule has 0 amide bonds. The van der Waals surface area contributed by atoms with Crippen molar-refractivity contribution in [2.75, 3.05) is 13.2 Å². The number of fused-ring (bicyclic) bond motifs is 4. The summed E-state index contributed by atoms with van der Waals surface area (Å²) in [5.74, 6) is -1.72. The Bertz CT molecular complexity index is 1960. The van der Waals surface area contributed by atoms with Crippen LogP contribution in [0.3, 0.4) is 0 Å². The number of hydrogen-bond acceptors (Lipinski definition) is 18. The number of rotatable bonds is 9. The SMILES string of the molecule is CC(=O)O[C@@H]1[C@H](O[C@@]2(C)C[C@H](C=C(C)C)O[C@]34C[C@]5(CO3)[C@H](CC[C@@H]3[C@@]6(C)CC[C@H](O[C@H]7OC[C@@H](O[C@@H]8O[C@@H](C)[C@H](O)[C@H](O)[C@H]8O)[C@@H](O)[C@H]7O)C(C)(C)[C@@H]6CC[C@]35C)[C@H]42)O[C@@H](C)[C@H](O)[C@H]1OC(C)=O. The van der Waals surface area contributed by atoms with Gasteiger partial charge in [0, 0.05) is 38.0 Å². The average molecular weight is 981 g/mol. The normalized spacial score (nSPS) is 54.3. The van der Waals surface area contributed by atoms with Gasteiger partial charge in [0.2, 0.25) is 0 Å². The molecular weight excluding hydrogens is 901 g/mol. The van der Waals surface area contributed by atoms with Crippen LogP contribution in [0.4, 0.5) is 0 Å². The Morgan fingerprint density at radius 1 is 0.681 bits per heavy atom. The van der Waals surface area contributed by atoms with Crippen LogP contribution in [0.2, 0.25) is 0 Å². The fraction of sp³-hybridized carbons (Fsp3) is 0.922. The van der Waals surface area contributed by atoms with E-state index >= 15 is 0 Å². The van der Waals surface area contributed by atoms with Gasteiger partial charge >= 0.3 is 11.9 Å². The predicted octanol–water partition coefficient (Wildman–Crippen LogP) is 3.16. The first-order valence-electron chi connectivity index (χ1n) is 25.5. The lowest BCUT2D eigenvalue weighted by Gasteiger charge is -2.70. The van der Waals surface area contributed by atoms with Gasteiger partial charge in [-0.05, 0) is 107 Å². The van der Waals surface area contributed by atoms with Gasteiger partial charge in [0.15, 0.2) is 36.9 Å². The Balaban J connectivity index is 0.945. The maximum absolute atomic E-state index is 12.6. The van der Waals surface area contributed by atoms with Crippen LogP contribution in [0.25, 0.3) is 0 Å². The van der Waals surface area contributed by atoms with Crippen LogP contribution in [0, 0.1) is 45.3 Å². The van der Waals surface area contributed by atoms with Crippen molar-refractivity contribution in [3.63, 3.8) is 0 Å². The molecule has 18 nitrogen and oxygen atoms in total. The van der Waals surface area contributed by atoms with Gasteiger partial charge in [-0.15, -0.1) is 0 Å². The monoisotopic (exact) mass is 981 g/mol. The van der Waals surface area contributed by atoms with Gasteiger partial charge in [-0.2, -0.15) is 0 Å². The van der Waals surface area contributed by atoms with Gasteiger partial charge in [-0.1, -0.05) is 39.3 Å². The van der Waals surface area contributed by atoms with Crippen LogP contribution >= 0.6 is 0 Å². The van der Waals surface area contributed by atoms with Gasteiger partial charge < -0.3 is 78.0 Å². The number of carbonyl (C=O) groups excluding carboxylic acids is 2. The number of esters is 2. The lowest BCUT2D eigenvalue weighted by Crippen LogP contribution is -2.69. The second-order valence-electron chi connectivity index (χ2n) is 24.1. The van der Waals surface area contributed by atoms with Crippen LogP contribution in [0.15, 0.2) is 11.6 Å². The summed E-state index contributed by atoms with van der Waals surface area (Å²) < 4.78 is 63.5. The molecule has 0 aromatic rings. The molecule has 6 N–H and O–H groups in total. The van der Waals surface area contributed by atoms with E-state index in [-0.39, 0.29) is 58.2 Å². The van der Waals surface area contributed by atoms with Gasteiger partial charge in [0.1, 0.15) is 42.7 Å². The molecule has 0 aromatic heterocycles. The average Bonchev–Trinajstić information content (AvgIpc) is 3.78. The largest absolute Gasteiger partial charge is 0.455 e. The summed E-state index contributed by atoms with van der Waals surface area (Å²) in [6.45, 7) is 21.8. The third-order valence-electron chi connectivity index (χ3n) is 19.3. The zero-order chi connectivity index (χ0) is 50.1. The summed E-state index contributed by atoms with van der Waals surface area (Å²) in [5, 5.41) is 64.8. The molecule has 0 radical (unpaired) electrons. The third kappa shape index (κ3) is 8.29. The molecule has 0 unspecified atom stereocenters. The zero-order valence-electron chi connectivity index (χ0n) is 42.3. The molecule has 2 spiro atoms. The van der Waals surface area contributed by atoms with Gasteiger partial charge in [0.25, 0.3) is 0 Å². The van der Waals surface area contributed by atoms with E-state index in [2.05, 4.69) is 40.7 Å². The molecule has 4 aliphatic carbocycles. The number of aliphatic hydroxyl groups excluding tert-OH is 6. The van der Waals surface area contributed by atoms with E-state index in [0.29, 0.717) is 31.8 Å². The number of allylic oxidation sites excluding steroid dienone is 1. The quantitative estimate of drug-likeness (QED) is 0.110. The second kappa shape index (κ2) is 18.2. The maximum Gasteiger partial charge on any atom is 0.303 e. The maximum atomic E-state index is 12.6. The molecule has 0 aromatic carbocycles. The van der Waals surface area contributed by atoms with E-state index in [0.717, 1.165) is 37.7 Å².